The third-order valence-electron chi connectivity index (χ3n) is 5.28. The maximum Gasteiger partial charge on any atom is 0.223 e. The Morgan fingerprint density at radius 1 is 1.42 bits per heavy atom. The second-order valence-electron chi connectivity index (χ2n) is 6.54. The number of ether oxygens (including phenoxy) is 1. The first kappa shape index (κ1) is 17.2. The molecule has 1 saturated carbocycles. The van der Waals surface area contributed by atoms with E-state index >= 15 is 0 Å². The number of hydrogen-bond donors (Lipinski definition) is 4. The summed E-state index contributed by atoms with van der Waals surface area (Å²) < 4.78 is 5.81. The van der Waals surface area contributed by atoms with E-state index < -0.39 is 0 Å². The summed E-state index contributed by atoms with van der Waals surface area (Å²) in [5.41, 5.74) is 5.69. The average Bonchev–Trinajstić information content (AvgIpc) is 2.59. The van der Waals surface area contributed by atoms with Gasteiger partial charge in [-0.15, -0.1) is 0 Å². The molecular weight excluding hydrogens is 310 g/mol. The summed E-state index contributed by atoms with van der Waals surface area (Å²) in [7, 11) is 0. The molecule has 3 rings (SSSR count). The molecule has 0 bridgehead atoms. The molecule has 2 atom stereocenters. The SMILES string of the molecule is CCO[C@@H]1C[C@H](O)C12CCN(c1cc(NCCO)nc(N)n1)CC2. The van der Waals surface area contributed by atoms with Gasteiger partial charge in [-0.1, -0.05) is 0 Å². The first-order valence-electron chi connectivity index (χ1n) is 8.63. The molecule has 1 aromatic rings. The topological polar surface area (TPSA) is 117 Å². The van der Waals surface area contributed by atoms with Gasteiger partial charge in [0.15, 0.2) is 0 Å². The van der Waals surface area contributed by atoms with Crippen LogP contribution in [0.15, 0.2) is 6.07 Å². The quantitative estimate of drug-likeness (QED) is 0.582. The van der Waals surface area contributed by atoms with Crippen molar-refractivity contribution in [3.8, 4) is 0 Å². The van der Waals surface area contributed by atoms with Gasteiger partial charge in [0.25, 0.3) is 0 Å². The highest BCUT2D eigenvalue weighted by Crippen LogP contribution is 2.51. The Morgan fingerprint density at radius 2 is 2.17 bits per heavy atom. The second kappa shape index (κ2) is 7.08. The normalized spacial score (nSPS) is 25.5. The third-order valence-corrected chi connectivity index (χ3v) is 5.28. The first-order valence-corrected chi connectivity index (χ1v) is 8.63. The second-order valence-corrected chi connectivity index (χ2v) is 6.54. The van der Waals surface area contributed by atoms with Crippen molar-refractivity contribution in [2.45, 2.75) is 38.4 Å². The molecule has 1 spiro atoms. The van der Waals surface area contributed by atoms with Crippen molar-refractivity contribution in [1.82, 2.24) is 9.97 Å². The average molecular weight is 337 g/mol. The molecule has 0 unspecified atom stereocenters. The van der Waals surface area contributed by atoms with Crippen LogP contribution in [-0.4, -0.2) is 65.2 Å². The Kier molecular flexibility index (Phi) is 5.07. The summed E-state index contributed by atoms with van der Waals surface area (Å²) in [6.45, 7) is 4.74. The van der Waals surface area contributed by atoms with Gasteiger partial charge in [-0.05, 0) is 19.8 Å². The molecule has 1 aromatic heterocycles. The van der Waals surface area contributed by atoms with E-state index in [0.29, 0.717) is 19.0 Å². The number of nitrogen functional groups attached to an aromatic ring is 1. The van der Waals surface area contributed by atoms with Crippen molar-refractivity contribution >= 4 is 17.6 Å². The van der Waals surface area contributed by atoms with E-state index in [1.165, 1.54) is 0 Å². The van der Waals surface area contributed by atoms with Crippen LogP contribution in [-0.2, 0) is 4.74 Å². The molecule has 1 saturated heterocycles. The van der Waals surface area contributed by atoms with E-state index in [4.69, 9.17) is 15.6 Å². The van der Waals surface area contributed by atoms with Crippen LogP contribution in [0.5, 0.6) is 0 Å². The molecular formula is C16H27N5O3. The van der Waals surface area contributed by atoms with Gasteiger partial charge in [-0.3, -0.25) is 0 Å². The molecule has 1 aliphatic carbocycles. The molecule has 134 valence electrons. The lowest BCUT2D eigenvalue weighted by Crippen LogP contribution is -2.62. The number of aliphatic hydroxyl groups is 2. The van der Waals surface area contributed by atoms with Crippen molar-refractivity contribution in [3.63, 3.8) is 0 Å². The Balaban J connectivity index is 1.67. The predicted octanol–water partition coefficient (Wildman–Crippen LogP) is 0.219. The van der Waals surface area contributed by atoms with Crippen LogP contribution in [0.25, 0.3) is 0 Å². The lowest BCUT2D eigenvalue weighted by molar-refractivity contribution is -0.199. The van der Waals surface area contributed by atoms with E-state index in [1.807, 2.05) is 13.0 Å². The molecule has 1 aliphatic heterocycles. The van der Waals surface area contributed by atoms with Crippen LogP contribution < -0.4 is 16.0 Å². The summed E-state index contributed by atoms with van der Waals surface area (Å²) in [5.74, 6) is 1.60. The molecule has 0 amide bonds. The zero-order valence-electron chi connectivity index (χ0n) is 14.1. The van der Waals surface area contributed by atoms with Gasteiger partial charge in [0.2, 0.25) is 5.95 Å². The van der Waals surface area contributed by atoms with Crippen LogP contribution in [0.1, 0.15) is 26.2 Å². The van der Waals surface area contributed by atoms with Crippen molar-refractivity contribution in [3.05, 3.63) is 6.07 Å². The summed E-state index contributed by atoms with van der Waals surface area (Å²) in [5, 5.41) is 22.2. The number of nitrogens with two attached hydrogens (primary N) is 1. The fourth-order valence-electron chi connectivity index (χ4n) is 3.86. The van der Waals surface area contributed by atoms with Crippen molar-refractivity contribution in [2.24, 2.45) is 5.41 Å². The molecule has 2 fully saturated rings. The summed E-state index contributed by atoms with van der Waals surface area (Å²) in [4.78, 5) is 10.6. The maximum absolute atomic E-state index is 10.3. The molecule has 0 aromatic carbocycles. The summed E-state index contributed by atoms with van der Waals surface area (Å²) in [6.07, 6.45) is 2.39. The van der Waals surface area contributed by atoms with Gasteiger partial charge in [-0.2, -0.15) is 9.97 Å². The van der Waals surface area contributed by atoms with Gasteiger partial charge in [0.1, 0.15) is 11.6 Å². The fourth-order valence-corrected chi connectivity index (χ4v) is 3.86. The monoisotopic (exact) mass is 337 g/mol. The zero-order valence-corrected chi connectivity index (χ0v) is 14.1. The number of anilines is 3. The van der Waals surface area contributed by atoms with E-state index in [1.54, 1.807) is 0 Å². The van der Waals surface area contributed by atoms with E-state index in [-0.39, 0.29) is 30.2 Å². The van der Waals surface area contributed by atoms with Gasteiger partial charge >= 0.3 is 0 Å². The number of rotatable bonds is 6. The summed E-state index contributed by atoms with van der Waals surface area (Å²) in [6, 6.07) is 1.85. The minimum Gasteiger partial charge on any atom is -0.395 e. The Morgan fingerprint density at radius 3 is 2.79 bits per heavy atom. The number of nitrogens with one attached hydrogen (secondary N) is 1. The predicted molar refractivity (Wildman–Crippen MR) is 91.9 cm³/mol. The first-order chi connectivity index (χ1) is 11.6. The van der Waals surface area contributed by atoms with E-state index in [0.717, 1.165) is 38.2 Å². The number of piperidine rings is 1. The number of aliphatic hydroxyl groups excluding tert-OH is 2. The molecule has 5 N–H and O–H groups in total. The highest BCUT2D eigenvalue weighted by Gasteiger charge is 2.56. The lowest BCUT2D eigenvalue weighted by atomic mass is 9.58. The van der Waals surface area contributed by atoms with Crippen LogP contribution >= 0.6 is 0 Å². The van der Waals surface area contributed by atoms with Crippen LogP contribution in [0.4, 0.5) is 17.6 Å². The molecule has 8 nitrogen and oxygen atoms in total. The molecule has 8 heteroatoms. The van der Waals surface area contributed by atoms with Gasteiger partial charge in [0.05, 0.1) is 18.8 Å². The van der Waals surface area contributed by atoms with Gasteiger partial charge < -0.3 is 30.9 Å². The van der Waals surface area contributed by atoms with Gasteiger partial charge in [0, 0.05) is 44.1 Å². The Bertz CT molecular complexity index is 561. The molecule has 2 heterocycles. The van der Waals surface area contributed by atoms with Crippen LogP contribution in [0, 0.1) is 5.41 Å². The van der Waals surface area contributed by atoms with Crippen molar-refractivity contribution in [1.29, 1.82) is 0 Å². The maximum atomic E-state index is 10.3. The fraction of sp³-hybridized carbons (Fsp3) is 0.750. The number of hydrogen-bond acceptors (Lipinski definition) is 8. The van der Waals surface area contributed by atoms with Crippen molar-refractivity contribution in [2.75, 3.05) is 48.8 Å². The molecule has 0 radical (unpaired) electrons. The summed E-state index contributed by atoms with van der Waals surface area (Å²) >= 11 is 0. The lowest BCUT2D eigenvalue weighted by Gasteiger charge is -2.56. The standard InChI is InChI=1S/C16H27N5O3/c1-2-24-12-9-11(23)16(12)3-6-21(7-4-16)14-10-13(18-5-8-22)19-15(17)20-14/h10-12,22-23H,2-9H2,1H3,(H3,17,18,19,20)/t11-,12+/m0/s1. The minimum absolute atomic E-state index is 0.0299. The van der Waals surface area contributed by atoms with E-state index in [2.05, 4.69) is 20.2 Å². The Hall–Kier alpha value is -1.64. The number of aromatic nitrogens is 2. The van der Waals surface area contributed by atoms with Crippen molar-refractivity contribution < 1.29 is 14.9 Å². The third kappa shape index (κ3) is 3.13. The van der Waals surface area contributed by atoms with Crippen LogP contribution in [0.2, 0.25) is 0 Å². The molecule has 2 aliphatic rings. The molecule has 24 heavy (non-hydrogen) atoms. The van der Waals surface area contributed by atoms with E-state index in [9.17, 15) is 5.11 Å². The minimum atomic E-state index is -0.270. The largest absolute Gasteiger partial charge is 0.395 e. The van der Waals surface area contributed by atoms with Gasteiger partial charge in [-0.25, -0.2) is 0 Å². The Labute approximate surface area is 142 Å². The smallest absolute Gasteiger partial charge is 0.223 e. The zero-order chi connectivity index (χ0) is 17.2. The van der Waals surface area contributed by atoms with Crippen LogP contribution in [0.3, 0.4) is 0 Å². The highest BCUT2D eigenvalue weighted by atomic mass is 16.5. The number of nitrogens with zero attached hydrogens (tertiary/aromatic N) is 3. The highest BCUT2D eigenvalue weighted by molar-refractivity contribution is 5.53.